The Morgan fingerprint density at radius 3 is 2.04 bits per heavy atom. The Hall–Kier alpha value is -3.52. The first-order valence-corrected chi connectivity index (χ1v) is 7.76. The summed E-state index contributed by atoms with van der Waals surface area (Å²) in [6, 6.07) is 17.7. The highest BCUT2D eigenvalue weighted by Crippen LogP contribution is 2.31. The number of aryl methyl sites for hydroxylation is 1. The molecule has 0 amide bonds. The summed E-state index contributed by atoms with van der Waals surface area (Å²) in [4.78, 5) is 11.6. The lowest BCUT2D eigenvalue weighted by atomic mass is 9.98. The van der Waals surface area contributed by atoms with Gasteiger partial charge in [-0.3, -0.25) is 0 Å². The number of aromatic carboxylic acids is 1. The van der Waals surface area contributed by atoms with Gasteiger partial charge in [0, 0.05) is 31.5 Å². The highest BCUT2D eigenvalue weighted by molar-refractivity contribution is 5.96. The summed E-state index contributed by atoms with van der Waals surface area (Å²) in [6.45, 7) is 0. The quantitative estimate of drug-likeness (QED) is 0.758. The van der Waals surface area contributed by atoms with E-state index in [4.69, 9.17) is 0 Å². The van der Waals surface area contributed by atoms with Gasteiger partial charge >= 0.3 is 5.97 Å². The molecule has 0 spiro atoms. The SMILES string of the molecule is CNc1ccc(-c2ccc(-c3c(C#N)cn(C)c3C(=O)O)cc2)cc1. The summed E-state index contributed by atoms with van der Waals surface area (Å²) < 4.78 is 1.47. The van der Waals surface area contributed by atoms with E-state index in [1.54, 1.807) is 13.2 Å². The summed E-state index contributed by atoms with van der Waals surface area (Å²) in [7, 11) is 3.50. The second-order valence-electron chi connectivity index (χ2n) is 5.70. The van der Waals surface area contributed by atoms with E-state index in [2.05, 4.69) is 11.4 Å². The average molecular weight is 331 g/mol. The van der Waals surface area contributed by atoms with Gasteiger partial charge in [-0.15, -0.1) is 0 Å². The molecular formula is C20H17N3O2. The Morgan fingerprint density at radius 2 is 1.56 bits per heavy atom. The molecule has 0 bridgehead atoms. The third-order valence-corrected chi connectivity index (χ3v) is 4.19. The van der Waals surface area contributed by atoms with Crippen molar-refractivity contribution >= 4 is 11.7 Å². The molecule has 3 rings (SSSR count). The maximum absolute atomic E-state index is 11.6. The van der Waals surface area contributed by atoms with Crippen molar-refractivity contribution in [1.82, 2.24) is 4.57 Å². The van der Waals surface area contributed by atoms with Crippen LogP contribution < -0.4 is 5.32 Å². The van der Waals surface area contributed by atoms with E-state index in [-0.39, 0.29) is 5.69 Å². The number of aromatic nitrogens is 1. The van der Waals surface area contributed by atoms with E-state index in [0.29, 0.717) is 16.7 Å². The van der Waals surface area contributed by atoms with E-state index in [9.17, 15) is 15.2 Å². The van der Waals surface area contributed by atoms with Crippen LogP contribution in [-0.2, 0) is 7.05 Å². The molecule has 2 aromatic carbocycles. The van der Waals surface area contributed by atoms with Crippen LogP contribution in [0.15, 0.2) is 54.7 Å². The highest BCUT2D eigenvalue weighted by atomic mass is 16.4. The molecular weight excluding hydrogens is 314 g/mol. The van der Waals surface area contributed by atoms with Crippen molar-refractivity contribution in [2.24, 2.45) is 7.05 Å². The molecule has 0 aliphatic carbocycles. The summed E-state index contributed by atoms with van der Waals surface area (Å²) in [5, 5.41) is 21.9. The molecule has 5 heteroatoms. The summed E-state index contributed by atoms with van der Waals surface area (Å²) >= 11 is 0. The Bertz CT molecular complexity index is 962. The van der Waals surface area contributed by atoms with Crippen LogP contribution in [0.25, 0.3) is 22.3 Å². The van der Waals surface area contributed by atoms with Crippen molar-refractivity contribution in [3.05, 3.63) is 66.0 Å². The maximum Gasteiger partial charge on any atom is 0.353 e. The first-order chi connectivity index (χ1) is 12.0. The molecule has 0 saturated heterocycles. The highest BCUT2D eigenvalue weighted by Gasteiger charge is 2.21. The van der Waals surface area contributed by atoms with Crippen molar-refractivity contribution in [1.29, 1.82) is 5.26 Å². The van der Waals surface area contributed by atoms with Crippen LogP contribution in [-0.4, -0.2) is 22.7 Å². The van der Waals surface area contributed by atoms with Crippen LogP contribution in [0.2, 0.25) is 0 Å². The number of rotatable bonds is 4. The summed E-state index contributed by atoms with van der Waals surface area (Å²) in [6.07, 6.45) is 1.54. The number of anilines is 1. The number of nitrogens with one attached hydrogen (secondary N) is 1. The van der Waals surface area contributed by atoms with Gasteiger partial charge in [0.2, 0.25) is 0 Å². The minimum absolute atomic E-state index is 0.114. The minimum Gasteiger partial charge on any atom is -0.477 e. The Labute approximate surface area is 145 Å². The predicted molar refractivity (Wildman–Crippen MR) is 97.5 cm³/mol. The van der Waals surface area contributed by atoms with Crippen molar-refractivity contribution < 1.29 is 9.90 Å². The molecule has 1 aromatic heterocycles. The van der Waals surface area contributed by atoms with Gasteiger partial charge in [-0.1, -0.05) is 36.4 Å². The lowest BCUT2D eigenvalue weighted by Crippen LogP contribution is -2.05. The van der Waals surface area contributed by atoms with Crippen LogP contribution in [0, 0.1) is 11.3 Å². The Balaban J connectivity index is 2.03. The topological polar surface area (TPSA) is 78.0 Å². The number of nitriles is 1. The van der Waals surface area contributed by atoms with Gasteiger partial charge < -0.3 is 15.0 Å². The summed E-state index contributed by atoms with van der Waals surface area (Å²) in [5.74, 6) is -1.05. The molecule has 3 aromatic rings. The monoisotopic (exact) mass is 331 g/mol. The van der Waals surface area contributed by atoms with Crippen LogP contribution in [0.3, 0.4) is 0 Å². The normalized spacial score (nSPS) is 10.3. The summed E-state index contributed by atoms with van der Waals surface area (Å²) in [5.41, 5.74) is 4.76. The van der Waals surface area contributed by atoms with Gasteiger partial charge in [-0.05, 0) is 28.8 Å². The second kappa shape index (κ2) is 6.54. The van der Waals surface area contributed by atoms with Crippen LogP contribution in [0.1, 0.15) is 16.1 Å². The van der Waals surface area contributed by atoms with Crippen molar-refractivity contribution in [2.45, 2.75) is 0 Å². The molecule has 0 radical (unpaired) electrons. The fraction of sp³-hybridized carbons (Fsp3) is 0.100. The fourth-order valence-corrected chi connectivity index (χ4v) is 2.92. The smallest absolute Gasteiger partial charge is 0.353 e. The lowest BCUT2D eigenvalue weighted by molar-refractivity contribution is 0.0687. The van der Waals surface area contributed by atoms with Crippen molar-refractivity contribution in [3.63, 3.8) is 0 Å². The van der Waals surface area contributed by atoms with Gasteiger partial charge in [-0.2, -0.15) is 5.26 Å². The first kappa shape index (κ1) is 16.3. The number of hydrogen-bond donors (Lipinski definition) is 2. The zero-order valence-corrected chi connectivity index (χ0v) is 13.9. The number of hydrogen-bond acceptors (Lipinski definition) is 3. The van der Waals surface area contributed by atoms with Gasteiger partial charge in [0.1, 0.15) is 11.8 Å². The Kier molecular flexibility index (Phi) is 4.27. The fourth-order valence-electron chi connectivity index (χ4n) is 2.92. The Morgan fingerprint density at radius 1 is 1.04 bits per heavy atom. The van der Waals surface area contributed by atoms with Crippen LogP contribution >= 0.6 is 0 Å². The van der Waals surface area contributed by atoms with E-state index < -0.39 is 5.97 Å². The second-order valence-corrected chi connectivity index (χ2v) is 5.70. The number of carboxylic acids is 1. The largest absolute Gasteiger partial charge is 0.477 e. The van der Waals surface area contributed by atoms with Crippen LogP contribution in [0.5, 0.6) is 0 Å². The number of nitrogens with zero attached hydrogens (tertiary/aromatic N) is 2. The third kappa shape index (κ3) is 2.98. The molecule has 2 N–H and O–H groups in total. The molecule has 0 aliphatic heterocycles. The molecule has 5 nitrogen and oxygen atoms in total. The number of benzene rings is 2. The van der Waals surface area contributed by atoms with E-state index in [0.717, 1.165) is 16.8 Å². The lowest BCUT2D eigenvalue weighted by Gasteiger charge is -2.07. The molecule has 0 fully saturated rings. The van der Waals surface area contributed by atoms with E-state index >= 15 is 0 Å². The number of carboxylic acid groups (broad SMARTS) is 1. The zero-order chi connectivity index (χ0) is 18.0. The van der Waals surface area contributed by atoms with Crippen molar-refractivity contribution in [2.75, 3.05) is 12.4 Å². The molecule has 1 heterocycles. The van der Waals surface area contributed by atoms with Crippen molar-refractivity contribution in [3.8, 4) is 28.3 Å². The average Bonchev–Trinajstić information content (AvgIpc) is 2.98. The van der Waals surface area contributed by atoms with Crippen LogP contribution in [0.4, 0.5) is 5.69 Å². The molecule has 0 atom stereocenters. The standard InChI is InChI=1S/C20H17N3O2/c1-22-17-9-7-14(8-10-17)13-3-5-15(6-4-13)18-16(11-21)12-23(2)19(18)20(24)25/h3-10,12,22H,1-2H3,(H,24,25). The van der Waals surface area contributed by atoms with Gasteiger partial charge in [-0.25, -0.2) is 4.79 Å². The maximum atomic E-state index is 11.6. The predicted octanol–water partition coefficient (Wildman–Crippen LogP) is 3.97. The third-order valence-electron chi connectivity index (χ3n) is 4.19. The molecule has 0 unspecified atom stereocenters. The first-order valence-electron chi connectivity index (χ1n) is 7.76. The van der Waals surface area contributed by atoms with Gasteiger partial charge in [0.15, 0.2) is 0 Å². The molecule has 25 heavy (non-hydrogen) atoms. The molecule has 0 saturated carbocycles. The number of carbonyl (C=O) groups is 1. The molecule has 0 aliphatic rings. The zero-order valence-electron chi connectivity index (χ0n) is 13.9. The molecule has 124 valence electrons. The van der Waals surface area contributed by atoms with Gasteiger partial charge in [0.25, 0.3) is 0 Å². The van der Waals surface area contributed by atoms with E-state index in [1.807, 2.05) is 55.6 Å². The van der Waals surface area contributed by atoms with Gasteiger partial charge in [0.05, 0.1) is 5.56 Å². The minimum atomic E-state index is -1.05. The van der Waals surface area contributed by atoms with E-state index in [1.165, 1.54) is 4.57 Å².